The molecule has 0 fully saturated rings. The number of benzene rings is 4. The zero-order valence-corrected chi connectivity index (χ0v) is 17.5. The maximum Gasteiger partial charge on any atom is 0.0715 e. The van der Waals surface area contributed by atoms with Crippen molar-refractivity contribution in [3.05, 3.63) is 127 Å². The lowest BCUT2D eigenvalue weighted by atomic mass is 9.97. The van der Waals surface area contributed by atoms with Crippen LogP contribution in [-0.2, 0) is 0 Å². The molecule has 1 nitrogen and oxygen atoms in total. The van der Waals surface area contributed by atoms with E-state index in [1.54, 1.807) is 0 Å². The summed E-state index contributed by atoms with van der Waals surface area (Å²) in [5.41, 5.74) is 10.3. The van der Waals surface area contributed by atoms with Crippen molar-refractivity contribution in [1.29, 1.82) is 0 Å². The first-order valence-corrected chi connectivity index (χ1v) is 10.6. The van der Waals surface area contributed by atoms with Gasteiger partial charge in [0.25, 0.3) is 0 Å². The SMILES string of the molecule is Cc1cccc(-c2cc(-c3ccc(-c4ccccc4)cc3)cc(-c3ccccc3)n2)c1. The molecular formula is C30H23N. The van der Waals surface area contributed by atoms with Crippen LogP contribution in [0.2, 0.25) is 0 Å². The minimum Gasteiger partial charge on any atom is -0.248 e. The zero-order valence-electron chi connectivity index (χ0n) is 17.5. The minimum absolute atomic E-state index is 0.988. The van der Waals surface area contributed by atoms with Gasteiger partial charge in [0.05, 0.1) is 11.4 Å². The van der Waals surface area contributed by atoms with E-state index in [-0.39, 0.29) is 0 Å². The number of rotatable bonds is 4. The number of nitrogens with zero attached hydrogens (tertiary/aromatic N) is 1. The Morgan fingerprint density at radius 1 is 0.387 bits per heavy atom. The van der Waals surface area contributed by atoms with Crippen LogP contribution in [0.5, 0.6) is 0 Å². The van der Waals surface area contributed by atoms with Gasteiger partial charge in [0.15, 0.2) is 0 Å². The van der Waals surface area contributed by atoms with E-state index >= 15 is 0 Å². The molecule has 0 aliphatic heterocycles. The van der Waals surface area contributed by atoms with Crippen molar-refractivity contribution in [2.45, 2.75) is 6.92 Å². The van der Waals surface area contributed by atoms with Gasteiger partial charge in [-0.2, -0.15) is 0 Å². The summed E-state index contributed by atoms with van der Waals surface area (Å²) in [6.45, 7) is 2.12. The maximum absolute atomic E-state index is 5.01. The minimum atomic E-state index is 0.988. The normalized spacial score (nSPS) is 10.7. The summed E-state index contributed by atoms with van der Waals surface area (Å²) in [5, 5.41) is 0. The van der Waals surface area contributed by atoms with Crippen LogP contribution in [-0.4, -0.2) is 4.98 Å². The lowest BCUT2D eigenvalue weighted by Crippen LogP contribution is -1.91. The number of pyridine rings is 1. The average molecular weight is 398 g/mol. The molecule has 0 bridgehead atoms. The molecule has 0 saturated heterocycles. The Balaban J connectivity index is 1.61. The van der Waals surface area contributed by atoms with Crippen LogP contribution in [0.4, 0.5) is 0 Å². The van der Waals surface area contributed by atoms with Gasteiger partial charge in [-0.25, -0.2) is 4.98 Å². The zero-order chi connectivity index (χ0) is 21.0. The summed E-state index contributed by atoms with van der Waals surface area (Å²) < 4.78 is 0. The van der Waals surface area contributed by atoms with Gasteiger partial charge >= 0.3 is 0 Å². The summed E-state index contributed by atoms with van der Waals surface area (Å²) in [4.78, 5) is 5.01. The van der Waals surface area contributed by atoms with Crippen molar-refractivity contribution < 1.29 is 0 Å². The Morgan fingerprint density at radius 3 is 1.48 bits per heavy atom. The fraction of sp³-hybridized carbons (Fsp3) is 0.0333. The Bertz CT molecular complexity index is 1300. The molecule has 1 heterocycles. The molecule has 0 saturated carbocycles. The van der Waals surface area contributed by atoms with E-state index in [0.717, 1.165) is 22.5 Å². The predicted octanol–water partition coefficient (Wildman–Crippen LogP) is 8.06. The number of hydrogen-bond donors (Lipinski definition) is 0. The molecule has 0 N–H and O–H groups in total. The van der Waals surface area contributed by atoms with Gasteiger partial charge in [0.1, 0.15) is 0 Å². The second-order valence-corrected chi connectivity index (χ2v) is 7.81. The molecule has 1 heteroatoms. The Labute approximate surface area is 183 Å². The second-order valence-electron chi connectivity index (χ2n) is 7.81. The molecule has 0 unspecified atom stereocenters. The molecule has 5 rings (SSSR count). The Hall–Kier alpha value is -3.97. The largest absolute Gasteiger partial charge is 0.248 e. The topological polar surface area (TPSA) is 12.9 Å². The van der Waals surface area contributed by atoms with Crippen molar-refractivity contribution in [2.75, 3.05) is 0 Å². The van der Waals surface area contributed by atoms with Gasteiger partial charge in [-0.05, 0) is 47.4 Å². The highest BCUT2D eigenvalue weighted by molar-refractivity contribution is 5.78. The summed E-state index contributed by atoms with van der Waals surface area (Å²) in [6, 6.07) is 42.6. The summed E-state index contributed by atoms with van der Waals surface area (Å²) in [7, 11) is 0. The third kappa shape index (κ3) is 4.17. The number of aromatic nitrogens is 1. The first-order valence-electron chi connectivity index (χ1n) is 10.6. The summed E-state index contributed by atoms with van der Waals surface area (Å²) in [6.07, 6.45) is 0. The van der Waals surface area contributed by atoms with Crippen molar-refractivity contribution in [1.82, 2.24) is 4.98 Å². The van der Waals surface area contributed by atoms with Crippen molar-refractivity contribution in [2.24, 2.45) is 0 Å². The van der Waals surface area contributed by atoms with E-state index in [1.807, 2.05) is 12.1 Å². The van der Waals surface area contributed by atoms with Crippen molar-refractivity contribution in [3.63, 3.8) is 0 Å². The molecule has 31 heavy (non-hydrogen) atoms. The third-order valence-electron chi connectivity index (χ3n) is 5.53. The third-order valence-corrected chi connectivity index (χ3v) is 5.53. The van der Waals surface area contributed by atoms with Crippen molar-refractivity contribution >= 4 is 0 Å². The average Bonchev–Trinajstić information content (AvgIpc) is 2.85. The van der Waals surface area contributed by atoms with E-state index in [4.69, 9.17) is 4.98 Å². The van der Waals surface area contributed by atoms with Crippen LogP contribution in [0.15, 0.2) is 121 Å². The van der Waals surface area contributed by atoms with E-state index < -0.39 is 0 Å². The Kier molecular flexibility index (Phi) is 5.16. The summed E-state index contributed by atoms with van der Waals surface area (Å²) in [5.74, 6) is 0. The van der Waals surface area contributed by atoms with Crippen LogP contribution in [0.25, 0.3) is 44.8 Å². The molecule has 148 valence electrons. The van der Waals surface area contributed by atoms with E-state index in [9.17, 15) is 0 Å². The van der Waals surface area contributed by atoms with Crippen LogP contribution >= 0.6 is 0 Å². The predicted molar refractivity (Wildman–Crippen MR) is 131 cm³/mol. The molecule has 5 aromatic rings. The summed E-state index contributed by atoms with van der Waals surface area (Å²) >= 11 is 0. The smallest absolute Gasteiger partial charge is 0.0715 e. The van der Waals surface area contributed by atoms with Gasteiger partial charge in [-0.15, -0.1) is 0 Å². The number of aryl methyl sites for hydroxylation is 1. The van der Waals surface area contributed by atoms with E-state index in [2.05, 4.69) is 116 Å². The molecule has 4 aromatic carbocycles. The van der Waals surface area contributed by atoms with Gasteiger partial charge in [-0.3, -0.25) is 0 Å². The van der Waals surface area contributed by atoms with Gasteiger partial charge in [0, 0.05) is 11.1 Å². The van der Waals surface area contributed by atoms with Gasteiger partial charge in [0.2, 0.25) is 0 Å². The highest BCUT2D eigenvalue weighted by Crippen LogP contribution is 2.31. The van der Waals surface area contributed by atoms with Crippen LogP contribution in [0.3, 0.4) is 0 Å². The molecule has 0 aliphatic carbocycles. The number of hydrogen-bond acceptors (Lipinski definition) is 1. The molecular weight excluding hydrogens is 374 g/mol. The van der Waals surface area contributed by atoms with E-state index in [0.29, 0.717) is 0 Å². The Morgan fingerprint density at radius 2 is 0.871 bits per heavy atom. The maximum atomic E-state index is 5.01. The molecule has 0 atom stereocenters. The van der Waals surface area contributed by atoms with Crippen molar-refractivity contribution in [3.8, 4) is 44.8 Å². The van der Waals surface area contributed by atoms with Crippen LogP contribution in [0, 0.1) is 6.92 Å². The van der Waals surface area contributed by atoms with Gasteiger partial charge < -0.3 is 0 Å². The molecule has 1 aromatic heterocycles. The molecule has 0 aliphatic rings. The first-order chi connectivity index (χ1) is 15.3. The quantitative estimate of drug-likeness (QED) is 0.299. The molecule has 0 spiro atoms. The second kappa shape index (κ2) is 8.41. The first kappa shape index (κ1) is 19.0. The standard InChI is InChI=1S/C30H23N/c1-22-9-8-14-27(19-22)30-21-28(20-29(31-30)26-12-6-3-7-13-26)25-17-15-24(16-18-25)23-10-4-2-5-11-23/h2-21H,1H3. The lowest BCUT2D eigenvalue weighted by Gasteiger charge is -2.11. The fourth-order valence-electron chi connectivity index (χ4n) is 3.89. The monoisotopic (exact) mass is 397 g/mol. The molecule has 0 amide bonds. The molecule has 0 radical (unpaired) electrons. The lowest BCUT2D eigenvalue weighted by molar-refractivity contribution is 1.31. The fourth-order valence-corrected chi connectivity index (χ4v) is 3.89. The van der Waals surface area contributed by atoms with E-state index in [1.165, 1.54) is 27.8 Å². The van der Waals surface area contributed by atoms with Gasteiger partial charge in [-0.1, -0.05) is 109 Å². The van der Waals surface area contributed by atoms with Crippen LogP contribution in [0.1, 0.15) is 5.56 Å². The highest BCUT2D eigenvalue weighted by Gasteiger charge is 2.09. The highest BCUT2D eigenvalue weighted by atomic mass is 14.7. The van der Waals surface area contributed by atoms with Crippen LogP contribution < -0.4 is 0 Å².